The van der Waals surface area contributed by atoms with E-state index < -0.39 is 4.92 Å². The summed E-state index contributed by atoms with van der Waals surface area (Å²) >= 11 is 1.46. The average Bonchev–Trinajstić information content (AvgIpc) is 2.46. The smallest absolute Gasteiger partial charge is 0.302 e. The summed E-state index contributed by atoms with van der Waals surface area (Å²) in [6, 6.07) is 1.30. The fourth-order valence-corrected chi connectivity index (χ4v) is 3.90. The third-order valence-corrected chi connectivity index (χ3v) is 4.90. The summed E-state index contributed by atoms with van der Waals surface area (Å²) in [6.45, 7) is 2.20. The molecule has 1 aromatic rings. The first-order valence-corrected chi connectivity index (χ1v) is 7.68. The van der Waals surface area contributed by atoms with E-state index in [4.69, 9.17) is 10.9 Å². The van der Waals surface area contributed by atoms with E-state index in [0.717, 1.165) is 19.3 Å². The number of amidine groups is 1. The number of rotatable bonds is 4. The van der Waals surface area contributed by atoms with Crippen molar-refractivity contribution in [1.82, 2.24) is 4.98 Å². The van der Waals surface area contributed by atoms with E-state index in [0.29, 0.717) is 16.2 Å². The summed E-state index contributed by atoms with van der Waals surface area (Å²) in [5.74, 6) is 0.459. The van der Waals surface area contributed by atoms with Crippen LogP contribution in [0.3, 0.4) is 0 Å². The number of nitro groups is 1. The highest BCUT2D eigenvalue weighted by Gasteiger charge is 2.25. The van der Waals surface area contributed by atoms with Crippen LogP contribution in [-0.4, -0.2) is 26.2 Å². The first kappa shape index (κ1) is 15.6. The van der Waals surface area contributed by atoms with Crippen molar-refractivity contribution in [1.29, 1.82) is 0 Å². The Kier molecular flexibility index (Phi) is 5.00. The van der Waals surface area contributed by atoms with E-state index in [1.165, 1.54) is 30.4 Å². The second-order valence-electron chi connectivity index (χ2n) is 5.30. The number of pyridine rings is 1. The quantitative estimate of drug-likeness (QED) is 0.290. The maximum atomic E-state index is 11.2. The minimum absolute atomic E-state index is 0.0951. The first-order chi connectivity index (χ1) is 10.0. The topological polar surface area (TPSA) is 115 Å². The molecule has 1 saturated carbocycles. The number of hydrogen-bond acceptors (Lipinski definition) is 6. The Morgan fingerprint density at radius 2 is 2.38 bits per heavy atom. The van der Waals surface area contributed by atoms with Crippen molar-refractivity contribution < 1.29 is 10.1 Å². The van der Waals surface area contributed by atoms with Crippen molar-refractivity contribution in [3.8, 4) is 0 Å². The second kappa shape index (κ2) is 6.75. The second-order valence-corrected chi connectivity index (χ2v) is 6.59. The van der Waals surface area contributed by atoms with Gasteiger partial charge < -0.3 is 10.9 Å². The Hall–Kier alpha value is -1.83. The summed E-state index contributed by atoms with van der Waals surface area (Å²) in [7, 11) is 0. The van der Waals surface area contributed by atoms with E-state index in [1.807, 2.05) is 0 Å². The molecule has 8 heteroatoms. The molecular weight excluding hydrogens is 292 g/mol. The van der Waals surface area contributed by atoms with Crippen LogP contribution in [0.4, 0.5) is 5.69 Å². The van der Waals surface area contributed by atoms with Gasteiger partial charge in [-0.05, 0) is 18.8 Å². The number of thioether (sulfide) groups is 1. The van der Waals surface area contributed by atoms with Crippen molar-refractivity contribution in [3.63, 3.8) is 0 Å². The zero-order valence-corrected chi connectivity index (χ0v) is 12.5. The Morgan fingerprint density at radius 3 is 3.00 bits per heavy atom. The molecule has 0 spiro atoms. The normalized spacial score (nSPS) is 23.0. The lowest BCUT2D eigenvalue weighted by atomic mass is 9.91. The average molecular weight is 310 g/mol. The molecule has 1 heterocycles. The van der Waals surface area contributed by atoms with E-state index >= 15 is 0 Å². The molecule has 0 bridgehead atoms. The molecule has 0 saturated heterocycles. The van der Waals surface area contributed by atoms with Gasteiger partial charge in [0.05, 0.1) is 4.92 Å². The molecule has 1 fully saturated rings. The standard InChI is InChI=1S/C13H18N4O3S/c1-8-3-2-4-10(5-8)21-13-11(17(19)20)6-9(7-15-13)12(14)16-18/h6-8,10,18H,2-5H2,1H3,(H2,14,16). The minimum Gasteiger partial charge on any atom is -0.409 e. The van der Waals surface area contributed by atoms with Crippen molar-refractivity contribution in [2.75, 3.05) is 0 Å². The van der Waals surface area contributed by atoms with Gasteiger partial charge in [0.1, 0.15) is 0 Å². The summed E-state index contributed by atoms with van der Waals surface area (Å²) in [5, 5.41) is 23.4. The van der Waals surface area contributed by atoms with Gasteiger partial charge in [-0.25, -0.2) is 4.98 Å². The summed E-state index contributed by atoms with van der Waals surface area (Å²) in [5.41, 5.74) is 5.59. The molecule has 1 aliphatic rings. The third-order valence-electron chi connectivity index (χ3n) is 3.60. The fourth-order valence-electron chi connectivity index (χ4n) is 2.50. The highest BCUT2D eigenvalue weighted by molar-refractivity contribution is 8.00. The van der Waals surface area contributed by atoms with Gasteiger partial charge in [0, 0.05) is 23.1 Å². The van der Waals surface area contributed by atoms with E-state index in [-0.39, 0.29) is 17.1 Å². The molecule has 3 N–H and O–H groups in total. The lowest BCUT2D eigenvalue weighted by Gasteiger charge is -2.25. The number of nitrogens with zero attached hydrogens (tertiary/aromatic N) is 3. The van der Waals surface area contributed by atoms with Gasteiger partial charge in [0.2, 0.25) is 0 Å². The first-order valence-electron chi connectivity index (χ1n) is 6.80. The lowest BCUT2D eigenvalue weighted by Crippen LogP contribution is -2.16. The highest BCUT2D eigenvalue weighted by Crippen LogP contribution is 2.38. The molecule has 0 aromatic carbocycles. The van der Waals surface area contributed by atoms with Crippen molar-refractivity contribution >= 4 is 23.3 Å². The summed E-state index contributed by atoms with van der Waals surface area (Å²) < 4.78 is 0. The zero-order chi connectivity index (χ0) is 15.4. The maximum Gasteiger partial charge on any atom is 0.302 e. The molecule has 21 heavy (non-hydrogen) atoms. The molecular formula is C13H18N4O3S. The molecule has 2 atom stereocenters. The van der Waals surface area contributed by atoms with Crippen LogP contribution in [0.1, 0.15) is 38.2 Å². The lowest BCUT2D eigenvalue weighted by molar-refractivity contribution is -0.388. The number of nitrogens with two attached hydrogens (primary N) is 1. The van der Waals surface area contributed by atoms with Gasteiger partial charge in [-0.15, -0.1) is 0 Å². The van der Waals surface area contributed by atoms with Crippen LogP contribution in [0.5, 0.6) is 0 Å². The predicted octanol–water partition coefficient (Wildman–Crippen LogP) is 2.76. The summed E-state index contributed by atoms with van der Waals surface area (Å²) in [4.78, 5) is 14.9. The van der Waals surface area contributed by atoms with Crippen LogP contribution in [0.2, 0.25) is 0 Å². The molecule has 1 aliphatic carbocycles. The van der Waals surface area contributed by atoms with Crippen LogP contribution in [0.15, 0.2) is 22.4 Å². The van der Waals surface area contributed by atoms with Crippen molar-refractivity contribution in [2.45, 2.75) is 42.9 Å². The minimum atomic E-state index is -0.476. The number of aromatic nitrogens is 1. The highest BCUT2D eigenvalue weighted by atomic mass is 32.2. The molecule has 1 aromatic heterocycles. The molecule has 114 valence electrons. The molecule has 2 unspecified atom stereocenters. The Morgan fingerprint density at radius 1 is 1.62 bits per heavy atom. The van der Waals surface area contributed by atoms with Crippen LogP contribution in [0, 0.1) is 16.0 Å². The molecule has 7 nitrogen and oxygen atoms in total. The summed E-state index contributed by atoms with van der Waals surface area (Å²) in [6.07, 6.45) is 5.86. The van der Waals surface area contributed by atoms with Gasteiger partial charge in [-0.2, -0.15) is 0 Å². The Balaban J connectivity index is 2.24. The predicted molar refractivity (Wildman–Crippen MR) is 80.7 cm³/mol. The van der Waals surface area contributed by atoms with E-state index in [1.54, 1.807) is 0 Å². The van der Waals surface area contributed by atoms with Crippen LogP contribution in [0.25, 0.3) is 0 Å². The Bertz CT molecular complexity index is 564. The largest absolute Gasteiger partial charge is 0.409 e. The Labute approximate surface area is 126 Å². The van der Waals surface area contributed by atoms with E-state index in [2.05, 4.69) is 17.1 Å². The van der Waals surface area contributed by atoms with Gasteiger partial charge in [0.15, 0.2) is 10.9 Å². The van der Waals surface area contributed by atoms with Crippen molar-refractivity contribution in [2.24, 2.45) is 16.8 Å². The maximum absolute atomic E-state index is 11.2. The molecule has 2 rings (SSSR count). The van der Waals surface area contributed by atoms with Gasteiger partial charge in [-0.1, -0.05) is 36.7 Å². The third kappa shape index (κ3) is 3.84. The molecule has 0 radical (unpaired) electrons. The number of hydrogen-bond donors (Lipinski definition) is 2. The van der Waals surface area contributed by atoms with Gasteiger partial charge in [0.25, 0.3) is 0 Å². The zero-order valence-electron chi connectivity index (χ0n) is 11.7. The van der Waals surface area contributed by atoms with Gasteiger partial charge >= 0.3 is 5.69 Å². The monoisotopic (exact) mass is 310 g/mol. The van der Waals surface area contributed by atoms with Crippen LogP contribution in [-0.2, 0) is 0 Å². The molecule has 0 amide bonds. The van der Waals surface area contributed by atoms with E-state index in [9.17, 15) is 10.1 Å². The van der Waals surface area contributed by atoms with Gasteiger partial charge in [-0.3, -0.25) is 10.1 Å². The number of oxime groups is 1. The van der Waals surface area contributed by atoms with Crippen LogP contribution < -0.4 is 5.73 Å². The fraction of sp³-hybridized carbons (Fsp3) is 0.538. The van der Waals surface area contributed by atoms with Crippen molar-refractivity contribution in [3.05, 3.63) is 27.9 Å². The SMILES string of the molecule is CC1CCCC(Sc2ncc(C(N)=NO)cc2[N+](=O)[O-])C1. The van der Waals surface area contributed by atoms with Crippen LogP contribution >= 0.6 is 11.8 Å². The molecule has 0 aliphatic heterocycles.